The van der Waals surface area contributed by atoms with Gasteiger partial charge in [0, 0.05) is 38.4 Å². The van der Waals surface area contributed by atoms with Crippen LogP contribution < -0.4 is 0 Å². The standard InChI is InChI=1S/C21H25N3O/c1-23-20(25)19(17-7-3-2-4-8-17)15-21(23)10-13-24(14-11-21)16-18-9-5-6-12-22-18/h2-9,12,19H,10-11,13-16H2,1H3/t19-/m1/s1. The normalized spacial score (nSPS) is 23.3. The number of piperidine rings is 1. The van der Waals surface area contributed by atoms with Crippen molar-refractivity contribution in [2.75, 3.05) is 20.1 Å². The van der Waals surface area contributed by atoms with Crippen LogP contribution in [-0.4, -0.2) is 46.4 Å². The van der Waals surface area contributed by atoms with Crippen molar-refractivity contribution in [1.82, 2.24) is 14.8 Å². The lowest BCUT2D eigenvalue weighted by Gasteiger charge is -2.43. The first-order chi connectivity index (χ1) is 12.2. The molecule has 3 heterocycles. The number of likely N-dealkylation sites (tertiary alicyclic amines) is 2. The number of benzene rings is 1. The Morgan fingerprint density at radius 2 is 1.80 bits per heavy atom. The molecule has 0 aliphatic carbocycles. The molecule has 0 radical (unpaired) electrons. The molecule has 130 valence electrons. The van der Waals surface area contributed by atoms with Crippen LogP contribution in [0.25, 0.3) is 0 Å². The van der Waals surface area contributed by atoms with Crippen molar-refractivity contribution in [2.24, 2.45) is 0 Å². The highest BCUT2D eigenvalue weighted by molar-refractivity contribution is 5.87. The number of hydrogen-bond acceptors (Lipinski definition) is 3. The van der Waals surface area contributed by atoms with Gasteiger partial charge in [-0.15, -0.1) is 0 Å². The third kappa shape index (κ3) is 3.07. The number of amides is 1. The summed E-state index contributed by atoms with van der Waals surface area (Å²) < 4.78 is 0. The molecular weight excluding hydrogens is 310 g/mol. The highest BCUT2D eigenvalue weighted by atomic mass is 16.2. The molecule has 2 fully saturated rings. The van der Waals surface area contributed by atoms with Crippen molar-refractivity contribution < 1.29 is 4.79 Å². The summed E-state index contributed by atoms with van der Waals surface area (Å²) in [6, 6.07) is 16.3. The first kappa shape index (κ1) is 16.3. The second kappa shape index (κ2) is 6.60. The second-order valence-electron chi connectivity index (χ2n) is 7.39. The zero-order valence-electron chi connectivity index (χ0n) is 14.8. The third-order valence-electron chi connectivity index (χ3n) is 6.02. The fourth-order valence-electron chi connectivity index (χ4n) is 4.41. The molecule has 4 nitrogen and oxygen atoms in total. The lowest BCUT2D eigenvalue weighted by Crippen LogP contribution is -2.51. The van der Waals surface area contributed by atoms with Crippen LogP contribution in [0.1, 0.15) is 36.4 Å². The van der Waals surface area contributed by atoms with Crippen molar-refractivity contribution >= 4 is 5.91 Å². The molecule has 1 amide bonds. The van der Waals surface area contributed by atoms with Gasteiger partial charge in [0.25, 0.3) is 0 Å². The molecule has 4 rings (SSSR count). The fraction of sp³-hybridized carbons (Fsp3) is 0.429. The molecule has 2 aromatic rings. The van der Waals surface area contributed by atoms with E-state index in [4.69, 9.17) is 0 Å². The van der Waals surface area contributed by atoms with Gasteiger partial charge in [-0.05, 0) is 37.0 Å². The van der Waals surface area contributed by atoms with Gasteiger partial charge in [-0.3, -0.25) is 14.7 Å². The summed E-state index contributed by atoms with van der Waals surface area (Å²) in [5.41, 5.74) is 2.31. The summed E-state index contributed by atoms with van der Waals surface area (Å²) in [6.45, 7) is 2.95. The molecule has 2 saturated heterocycles. The molecule has 0 unspecified atom stereocenters. The molecule has 2 aliphatic rings. The molecule has 4 heteroatoms. The molecule has 0 saturated carbocycles. The van der Waals surface area contributed by atoms with Crippen LogP contribution in [0.2, 0.25) is 0 Å². The quantitative estimate of drug-likeness (QED) is 0.865. The number of carbonyl (C=O) groups excluding carboxylic acids is 1. The average Bonchev–Trinajstić information content (AvgIpc) is 2.91. The molecule has 1 aromatic heterocycles. The zero-order chi connectivity index (χ0) is 17.3. The SMILES string of the molecule is CN1C(=O)[C@@H](c2ccccc2)CC12CCN(Cc1ccccn1)CC2. The lowest BCUT2D eigenvalue weighted by molar-refractivity contribution is -0.131. The Morgan fingerprint density at radius 3 is 2.48 bits per heavy atom. The van der Waals surface area contributed by atoms with Crippen molar-refractivity contribution in [1.29, 1.82) is 0 Å². The Balaban J connectivity index is 1.44. The van der Waals surface area contributed by atoms with E-state index in [0.29, 0.717) is 0 Å². The number of nitrogens with zero attached hydrogens (tertiary/aromatic N) is 3. The third-order valence-corrected chi connectivity index (χ3v) is 6.02. The maximum Gasteiger partial charge on any atom is 0.230 e. The van der Waals surface area contributed by atoms with Crippen LogP contribution in [0.3, 0.4) is 0 Å². The summed E-state index contributed by atoms with van der Waals surface area (Å²) in [4.78, 5) is 21.8. The van der Waals surface area contributed by atoms with Gasteiger partial charge in [-0.25, -0.2) is 0 Å². The summed E-state index contributed by atoms with van der Waals surface area (Å²) in [6.07, 6.45) is 4.90. The van der Waals surface area contributed by atoms with Crippen molar-refractivity contribution in [3.63, 3.8) is 0 Å². The Hall–Kier alpha value is -2.20. The Kier molecular flexibility index (Phi) is 4.30. The number of aromatic nitrogens is 1. The predicted molar refractivity (Wildman–Crippen MR) is 98.0 cm³/mol. The van der Waals surface area contributed by atoms with Gasteiger partial charge >= 0.3 is 0 Å². The van der Waals surface area contributed by atoms with Gasteiger partial charge in [-0.1, -0.05) is 36.4 Å². The molecule has 1 aromatic carbocycles. The monoisotopic (exact) mass is 335 g/mol. The van der Waals surface area contributed by atoms with Gasteiger partial charge in [0.15, 0.2) is 0 Å². The first-order valence-electron chi connectivity index (χ1n) is 9.13. The number of carbonyl (C=O) groups is 1. The fourth-order valence-corrected chi connectivity index (χ4v) is 4.41. The van der Waals surface area contributed by atoms with E-state index in [1.54, 1.807) is 0 Å². The van der Waals surface area contributed by atoms with Gasteiger partial charge in [-0.2, -0.15) is 0 Å². The second-order valence-corrected chi connectivity index (χ2v) is 7.39. The highest BCUT2D eigenvalue weighted by Gasteiger charge is 2.50. The van der Waals surface area contributed by atoms with Crippen LogP contribution in [-0.2, 0) is 11.3 Å². The molecule has 0 bridgehead atoms. The lowest BCUT2D eigenvalue weighted by atomic mass is 9.81. The Morgan fingerprint density at radius 1 is 1.08 bits per heavy atom. The number of pyridine rings is 1. The molecule has 1 atom stereocenters. The van der Waals surface area contributed by atoms with Crippen LogP contribution in [0.4, 0.5) is 0 Å². The van der Waals surface area contributed by atoms with Crippen LogP contribution in [0.5, 0.6) is 0 Å². The minimum absolute atomic E-state index is 0.0218. The van der Waals surface area contributed by atoms with E-state index in [2.05, 4.69) is 28.1 Å². The van der Waals surface area contributed by atoms with Crippen LogP contribution in [0.15, 0.2) is 54.7 Å². The number of likely N-dealkylation sites (N-methyl/N-ethyl adjacent to an activating group) is 1. The van der Waals surface area contributed by atoms with Crippen molar-refractivity contribution in [2.45, 2.75) is 37.3 Å². The van der Waals surface area contributed by atoms with E-state index < -0.39 is 0 Å². The van der Waals surface area contributed by atoms with Gasteiger partial charge in [0.1, 0.15) is 0 Å². The summed E-state index contributed by atoms with van der Waals surface area (Å²) in [5.74, 6) is 0.304. The molecule has 25 heavy (non-hydrogen) atoms. The van der Waals surface area contributed by atoms with Crippen molar-refractivity contribution in [3.8, 4) is 0 Å². The highest BCUT2D eigenvalue weighted by Crippen LogP contribution is 2.44. The van der Waals surface area contributed by atoms with E-state index in [9.17, 15) is 4.79 Å². The summed E-state index contributed by atoms with van der Waals surface area (Å²) >= 11 is 0. The Bertz CT molecular complexity index is 723. The van der Waals surface area contributed by atoms with Crippen LogP contribution in [0, 0.1) is 0 Å². The average molecular weight is 335 g/mol. The molecular formula is C21H25N3O. The summed E-state index contributed by atoms with van der Waals surface area (Å²) in [7, 11) is 2.00. The van der Waals surface area contributed by atoms with Gasteiger partial charge in [0.2, 0.25) is 5.91 Å². The minimum atomic E-state index is 0.0218. The van der Waals surface area contributed by atoms with E-state index in [1.807, 2.05) is 48.5 Å². The zero-order valence-corrected chi connectivity index (χ0v) is 14.8. The minimum Gasteiger partial charge on any atom is -0.339 e. The topological polar surface area (TPSA) is 36.4 Å². The van der Waals surface area contributed by atoms with Gasteiger partial charge < -0.3 is 4.90 Å². The first-order valence-corrected chi connectivity index (χ1v) is 9.13. The van der Waals surface area contributed by atoms with E-state index in [1.165, 1.54) is 0 Å². The number of rotatable bonds is 3. The molecule has 2 aliphatic heterocycles. The number of hydrogen-bond donors (Lipinski definition) is 0. The van der Waals surface area contributed by atoms with E-state index in [0.717, 1.165) is 50.2 Å². The van der Waals surface area contributed by atoms with Crippen molar-refractivity contribution in [3.05, 3.63) is 66.0 Å². The molecule has 0 N–H and O–H groups in total. The predicted octanol–water partition coefficient (Wildman–Crippen LogP) is 3.06. The maximum atomic E-state index is 12.9. The smallest absolute Gasteiger partial charge is 0.230 e. The van der Waals surface area contributed by atoms with E-state index >= 15 is 0 Å². The molecule has 1 spiro atoms. The van der Waals surface area contributed by atoms with Gasteiger partial charge in [0.05, 0.1) is 11.6 Å². The van der Waals surface area contributed by atoms with Crippen LogP contribution >= 0.6 is 0 Å². The maximum absolute atomic E-state index is 12.9. The largest absolute Gasteiger partial charge is 0.339 e. The summed E-state index contributed by atoms with van der Waals surface area (Å²) in [5, 5.41) is 0. The van der Waals surface area contributed by atoms with E-state index in [-0.39, 0.29) is 17.4 Å². The Labute approximate surface area is 149 Å².